The summed E-state index contributed by atoms with van der Waals surface area (Å²) in [6.07, 6.45) is 1.81. The summed E-state index contributed by atoms with van der Waals surface area (Å²) in [5.41, 5.74) is 0.211. The van der Waals surface area contributed by atoms with Gasteiger partial charge in [-0.25, -0.2) is 4.68 Å². The van der Waals surface area contributed by atoms with Crippen LogP contribution in [0.5, 0.6) is 0 Å². The molecule has 3 fully saturated rings. The van der Waals surface area contributed by atoms with Crippen LogP contribution in [0.1, 0.15) is 26.7 Å². The number of fused-ring (bicyclic) bond motifs is 2. The van der Waals surface area contributed by atoms with Gasteiger partial charge in [0.15, 0.2) is 0 Å². The van der Waals surface area contributed by atoms with Gasteiger partial charge in [-0.3, -0.25) is 14.4 Å². The molecular weight excluding hydrogens is 558 g/mol. The average molecular weight is 590 g/mol. The van der Waals surface area contributed by atoms with E-state index in [0.717, 1.165) is 5.52 Å². The molecule has 0 radical (unpaired) electrons. The molecule has 1 N–H and O–H groups in total. The molecule has 5 rings (SSSR count). The summed E-state index contributed by atoms with van der Waals surface area (Å²) in [7, 11) is 0. The van der Waals surface area contributed by atoms with Crippen LogP contribution in [0.4, 0.5) is 0 Å². The Morgan fingerprint density at radius 1 is 1.39 bits per heavy atom. The number of nitrogens with zero attached hydrogens (tertiary/aromatic N) is 5. The number of para-hydroxylation sites is 1. The summed E-state index contributed by atoms with van der Waals surface area (Å²) >= 11 is 3.64. The van der Waals surface area contributed by atoms with Crippen molar-refractivity contribution < 1.29 is 29.0 Å². The first-order valence-electron chi connectivity index (χ1n) is 12.9. The fraction of sp³-hybridized carbons (Fsp3) is 0.577. The van der Waals surface area contributed by atoms with Gasteiger partial charge in [-0.15, -0.1) is 11.7 Å². The Balaban J connectivity index is 1.57. The lowest BCUT2D eigenvalue weighted by Gasteiger charge is -2.39. The Kier molecular flexibility index (Phi) is 7.31. The number of rotatable bonds is 10. The lowest BCUT2D eigenvalue weighted by atomic mass is 9.70. The van der Waals surface area contributed by atoms with E-state index < -0.39 is 41.6 Å². The molecule has 3 aliphatic heterocycles. The van der Waals surface area contributed by atoms with Gasteiger partial charge < -0.3 is 24.4 Å². The molecule has 2 bridgehead atoms. The maximum atomic E-state index is 14.5. The molecule has 2 amide bonds. The van der Waals surface area contributed by atoms with E-state index in [-0.39, 0.29) is 43.1 Å². The second kappa shape index (κ2) is 10.4. The minimum Gasteiger partial charge on any atom is -0.466 e. The predicted octanol–water partition coefficient (Wildman–Crippen LogP) is 1.49. The quantitative estimate of drug-likeness (QED) is 0.251. The molecule has 7 atom stereocenters. The number of amides is 2. The number of esters is 1. The molecule has 1 spiro atoms. The van der Waals surface area contributed by atoms with Gasteiger partial charge in [-0.1, -0.05) is 46.3 Å². The van der Waals surface area contributed by atoms with Crippen molar-refractivity contribution in [2.75, 3.05) is 19.8 Å². The van der Waals surface area contributed by atoms with Crippen molar-refractivity contribution in [1.82, 2.24) is 24.8 Å². The smallest absolute Gasteiger partial charge is 0.312 e. The van der Waals surface area contributed by atoms with Crippen LogP contribution in [-0.4, -0.2) is 96.1 Å². The number of alkyl halides is 1. The van der Waals surface area contributed by atoms with Crippen molar-refractivity contribution in [2.24, 2.45) is 11.8 Å². The van der Waals surface area contributed by atoms with Gasteiger partial charge in [0.2, 0.25) is 11.8 Å². The van der Waals surface area contributed by atoms with Crippen LogP contribution in [0.3, 0.4) is 0 Å². The Hall–Kier alpha value is -2.83. The Morgan fingerprint density at radius 3 is 2.84 bits per heavy atom. The number of likely N-dealkylation sites (tertiary alicyclic amines) is 1. The number of ether oxygens (including phenoxy) is 2. The van der Waals surface area contributed by atoms with Crippen LogP contribution in [0, 0.1) is 11.8 Å². The van der Waals surface area contributed by atoms with Gasteiger partial charge in [0.1, 0.15) is 23.8 Å². The Bertz CT molecular complexity index is 1250. The molecule has 4 heterocycles. The molecule has 38 heavy (non-hydrogen) atoms. The van der Waals surface area contributed by atoms with Crippen LogP contribution in [0.15, 0.2) is 36.9 Å². The van der Waals surface area contributed by atoms with E-state index in [9.17, 15) is 19.5 Å². The number of aromatic nitrogens is 3. The summed E-state index contributed by atoms with van der Waals surface area (Å²) in [5, 5.41) is 18.6. The van der Waals surface area contributed by atoms with Gasteiger partial charge in [-0.05, 0) is 31.9 Å². The number of hydrogen-bond acceptors (Lipinski definition) is 8. The first-order valence-corrected chi connectivity index (χ1v) is 13.8. The number of aliphatic hydroxyl groups excluding tert-OH is 1. The summed E-state index contributed by atoms with van der Waals surface area (Å²) in [5.74, 6) is -2.97. The van der Waals surface area contributed by atoms with Crippen LogP contribution in [-0.2, 0) is 30.5 Å². The monoisotopic (exact) mass is 589 g/mol. The maximum Gasteiger partial charge on any atom is 0.312 e. The first kappa shape index (κ1) is 26.8. The SMILES string of the molecule is C=CCN(Cn1nnc2ccccc21)C(=O)C1N([C@@H](CC)CO)C(=O)[C@@H]2[C@@H](C(=O)OCC)[C@@H]3OC12CC3Br. The lowest BCUT2D eigenvalue weighted by Crippen LogP contribution is -2.59. The van der Waals surface area contributed by atoms with Crippen LogP contribution in [0.25, 0.3) is 11.0 Å². The second-order valence-electron chi connectivity index (χ2n) is 9.97. The highest BCUT2D eigenvalue weighted by Gasteiger charge is 2.77. The zero-order valence-corrected chi connectivity index (χ0v) is 23.0. The molecule has 3 saturated heterocycles. The second-order valence-corrected chi connectivity index (χ2v) is 11.2. The topological polar surface area (TPSA) is 127 Å². The summed E-state index contributed by atoms with van der Waals surface area (Å²) in [6, 6.07) is 5.77. The molecular formula is C26H32BrN5O6. The third kappa shape index (κ3) is 3.95. The number of halogens is 1. The molecule has 3 unspecified atom stereocenters. The van der Waals surface area contributed by atoms with Crippen molar-refractivity contribution >= 4 is 44.7 Å². The minimum atomic E-state index is -1.24. The molecule has 0 saturated carbocycles. The van der Waals surface area contributed by atoms with Crippen molar-refractivity contribution in [1.29, 1.82) is 0 Å². The molecule has 0 aliphatic carbocycles. The fourth-order valence-electron chi connectivity index (χ4n) is 6.39. The van der Waals surface area contributed by atoms with E-state index in [2.05, 4.69) is 32.8 Å². The number of carbonyl (C=O) groups excluding carboxylic acids is 3. The Labute approximate surface area is 228 Å². The molecule has 3 aliphatic rings. The van der Waals surface area contributed by atoms with E-state index in [4.69, 9.17) is 9.47 Å². The fourth-order valence-corrected chi connectivity index (χ4v) is 7.33. The highest BCUT2D eigenvalue weighted by Crippen LogP contribution is 2.60. The van der Waals surface area contributed by atoms with E-state index in [1.807, 2.05) is 31.2 Å². The average Bonchev–Trinajstić information content (AvgIpc) is 3.62. The van der Waals surface area contributed by atoms with Gasteiger partial charge >= 0.3 is 5.97 Å². The van der Waals surface area contributed by atoms with E-state index in [1.54, 1.807) is 22.6 Å². The summed E-state index contributed by atoms with van der Waals surface area (Å²) in [4.78, 5) is 44.3. The van der Waals surface area contributed by atoms with Gasteiger partial charge in [0.05, 0.1) is 42.7 Å². The van der Waals surface area contributed by atoms with Crippen molar-refractivity contribution in [3.05, 3.63) is 36.9 Å². The van der Waals surface area contributed by atoms with Crippen molar-refractivity contribution in [2.45, 2.75) is 62.0 Å². The Morgan fingerprint density at radius 2 is 2.16 bits per heavy atom. The van der Waals surface area contributed by atoms with Crippen LogP contribution >= 0.6 is 15.9 Å². The standard InChI is InChI=1S/C26H32BrN5O6/c1-4-11-30(14-31-18-10-8-7-9-17(18)28-29-31)24(35)22-26-12-16(27)21(38-26)19(25(36)37-6-3)20(26)23(34)32(22)15(5-2)13-33/h4,7-10,15-16,19-22,33H,1,5-6,11-14H2,2-3H3/t15-,16?,19+,20-,21+,22?,26?/m0/s1. The molecule has 1 aromatic heterocycles. The molecule has 12 heteroatoms. The highest BCUT2D eigenvalue weighted by atomic mass is 79.9. The minimum absolute atomic E-state index is 0.0725. The third-order valence-electron chi connectivity index (χ3n) is 7.98. The predicted molar refractivity (Wildman–Crippen MR) is 140 cm³/mol. The van der Waals surface area contributed by atoms with E-state index in [0.29, 0.717) is 18.4 Å². The zero-order valence-electron chi connectivity index (χ0n) is 21.4. The maximum absolute atomic E-state index is 14.5. The van der Waals surface area contributed by atoms with Gasteiger partial charge in [-0.2, -0.15) is 0 Å². The number of carbonyl (C=O) groups is 3. The van der Waals surface area contributed by atoms with Crippen LogP contribution < -0.4 is 0 Å². The molecule has 11 nitrogen and oxygen atoms in total. The first-order chi connectivity index (χ1) is 18.3. The number of benzene rings is 1. The lowest BCUT2D eigenvalue weighted by molar-refractivity contribution is -0.156. The van der Waals surface area contributed by atoms with Crippen LogP contribution in [0.2, 0.25) is 0 Å². The summed E-state index contributed by atoms with van der Waals surface area (Å²) < 4.78 is 13.4. The van der Waals surface area contributed by atoms with Gasteiger partial charge in [0, 0.05) is 11.4 Å². The van der Waals surface area contributed by atoms with Crippen molar-refractivity contribution in [3.8, 4) is 0 Å². The molecule has 1 aromatic carbocycles. The molecule has 2 aromatic rings. The highest BCUT2D eigenvalue weighted by molar-refractivity contribution is 9.09. The van der Waals surface area contributed by atoms with E-state index in [1.165, 1.54) is 4.90 Å². The zero-order chi connectivity index (χ0) is 27.2. The number of hydrogen-bond donors (Lipinski definition) is 1. The molecule has 204 valence electrons. The summed E-state index contributed by atoms with van der Waals surface area (Å²) in [6.45, 7) is 7.48. The number of aliphatic hydroxyl groups is 1. The largest absolute Gasteiger partial charge is 0.466 e. The van der Waals surface area contributed by atoms with Gasteiger partial charge in [0.25, 0.3) is 0 Å². The normalized spacial score (nSPS) is 30.5. The van der Waals surface area contributed by atoms with E-state index >= 15 is 0 Å². The van der Waals surface area contributed by atoms with Crippen molar-refractivity contribution in [3.63, 3.8) is 0 Å². The third-order valence-corrected chi connectivity index (χ3v) is 8.83.